The average molecular weight is 363 g/mol. The summed E-state index contributed by atoms with van der Waals surface area (Å²) in [5, 5.41) is 2.56. The number of pyridine rings is 1. The van der Waals surface area contributed by atoms with E-state index in [0.717, 1.165) is 43.8 Å². The number of alkyl halides is 3. The highest BCUT2D eigenvalue weighted by molar-refractivity contribution is 6.02. The Bertz CT molecular complexity index is 734. The van der Waals surface area contributed by atoms with Gasteiger partial charge in [0.05, 0.1) is 17.4 Å². The van der Waals surface area contributed by atoms with Gasteiger partial charge in [-0.25, -0.2) is 4.98 Å². The van der Waals surface area contributed by atoms with Gasteiger partial charge in [0.1, 0.15) is 5.69 Å². The monoisotopic (exact) mass is 363 g/mol. The van der Waals surface area contributed by atoms with Crippen LogP contribution in [0, 0.1) is 0 Å². The third-order valence-corrected chi connectivity index (χ3v) is 4.42. The number of aromatic nitrogens is 1. The molecule has 0 saturated carbocycles. The number of halogens is 3. The zero-order valence-electron chi connectivity index (χ0n) is 14.2. The summed E-state index contributed by atoms with van der Waals surface area (Å²) < 4.78 is 37.7. The van der Waals surface area contributed by atoms with E-state index in [1.54, 1.807) is 12.3 Å². The van der Waals surface area contributed by atoms with Crippen molar-refractivity contribution >= 4 is 17.3 Å². The van der Waals surface area contributed by atoms with Gasteiger partial charge in [0.2, 0.25) is 0 Å². The fourth-order valence-corrected chi connectivity index (χ4v) is 2.97. The first kappa shape index (κ1) is 18.2. The number of amides is 1. The molecule has 26 heavy (non-hydrogen) atoms. The zero-order chi connectivity index (χ0) is 18.6. The third kappa shape index (κ3) is 4.53. The highest BCUT2D eigenvalue weighted by Crippen LogP contribution is 2.29. The van der Waals surface area contributed by atoms with Crippen molar-refractivity contribution in [1.82, 2.24) is 4.98 Å². The van der Waals surface area contributed by atoms with Crippen LogP contribution in [0.4, 0.5) is 24.5 Å². The lowest BCUT2D eigenvalue weighted by molar-refractivity contribution is -0.137. The van der Waals surface area contributed by atoms with Gasteiger partial charge in [0.25, 0.3) is 5.91 Å². The second-order valence-corrected chi connectivity index (χ2v) is 6.33. The summed E-state index contributed by atoms with van der Waals surface area (Å²) >= 11 is 0. The third-order valence-electron chi connectivity index (χ3n) is 4.42. The minimum Gasteiger partial charge on any atom is -0.370 e. The lowest BCUT2D eigenvalue weighted by atomic mass is 10.2. The van der Waals surface area contributed by atoms with E-state index < -0.39 is 17.6 Å². The van der Waals surface area contributed by atoms with E-state index in [9.17, 15) is 18.0 Å². The van der Waals surface area contributed by atoms with Crippen LogP contribution in [0.1, 0.15) is 41.7 Å². The van der Waals surface area contributed by atoms with Crippen molar-refractivity contribution in [2.24, 2.45) is 0 Å². The molecule has 2 heterocycles. The SMILES string of the molecule is O=C(Nc1ccc(C(F)(F)F)cc1)c1ccc(N2CCCCCC2)cn1. The molecule has 1 aliphatic rings. The van der Waals surface area contributed by atoms with Crippen molar-refractivity contribution < 1.29 is 18.0 Å². The minimum absolute atomic E-state index is 0.225. The molecule has 0 unspecified atom stereocenters. The van der Waals surface area contributed by atoms with Gasteiger partial charge >= 0.3 is 6.18 Å². The molecule has 1 aromatic heterocycles. The molecule has 0 bridgehead atoms. The molecule has 0 radical (unpaired) electrons. The summed E-state index contributed by atoms with van der Waals surface area (Å²) in [6.45, 7) is 1.97. The molecule has 1 fully saturated rings. The summed E-state index contributed by atoms with van der Waals surface area (Å²) in [6.07, 6.45) is 2.04. The number of nitrogens with zero attached hydrogens (tertiary/aromatic N) is 2. The molecule has 1 saturated heterocycles. The Morgan fingerprint density at radius 2 is 1.62 bits per heavy atom. The largest absolute Gasteiger partial charge is 0.416 e. The van der Waals surface area contributed by atoms with Gasteiger partial charge in [0, 0.05) is 18.8 Å². The number of carbonyl (C=O) groups excluding carboxylic acids is 1. The predicted octanol–water partition coefficient (Wildman–Crippen LogP) is 4.73. The molecule has 1 aliphatic heterocycles. The fourth-order valence-electron chi connectivity index (χ4n) is 2.97. The Kier molecular flexibility index (Phi) is 5.44. The molecule has 138 valence electrons. The lowest BCUT2D eigenvalue weighted by Gasteiger charge is -2.22. The van der Waals surface area contributed by atoms with Crippen LogP contribution in [0.5, 0.6) is 0 Å². The summed E-state index contributed by atoms with van der Waals surface area (Å²) in [4.78, 5) is 18.7. The Hall–Kier alpha value is -2.57. The molecule has 3 rings (SSSR count). The Morgan fingerprint density at radius 3 is 2.15 bits per heavy atom. The Balaban J connectivity index is 1.64. The van der Waals surface area contributed by atoms with Gasteiger partial charge < -0.3 is 10.2 Å². The smallest absolute Gasteiger partial charge is 0.370 e. The topological polar surface area (TPSA) is 45.2 Å². The van der Waals surface area contributed by atoms with E-state index in [4.69, 9.17) is 0 Å². The highest BCUT2D eigenvalue weighted by Gasteiger charge is 2.30. The van der Waals surface area contributed by atoms with E-state index in [2.05, 4.69) is 15.2 Å². The number of benzene rings is 1. The molecule has 0 atom stereocenters. The molecule has 4 nitrogen and oxygen atoms in total. The zero-order valence-corrected chi connectivity index (χ0v) is 14.2. The quantitative estimate of drug-likeness (QED) is 0.857. The van der Waals surface area contributed by atoms with Gasteiger partial charge in [0.15, 0.2) is 0 Å². The van der Waals surface area contributed by atoms with Crippen molar-refractivity contribution in [3.05, 3.63) is 53.9 Å². The van der Waals surface area contributed by atoms with Crippen LogP contribution < -0.4 is 10.2 Å². The maximum absolute atomic E-state index is 12.6. The molecule has 1 N–H and O–H groups in total. The Morgan fingerprint density at radius 1 is 0.962 bits per heavy atom. The first-order chi connectivity index (χ1) is 12.4. The maximum atomic E-state index is 12.6. The summed E-state index contributed by atoms with van der Waals surface area (Å²) in [5.74, 6) is -0.452. The van der Waals surface area contributed by atoms with E-state index in [1.807, 2.05) is 6.07 Å². The molecule has 1 amide bonds. The van der Waals surface area contributed by atoms with Crippen LogP contribution in [0.25, 0.3) is 0 Å². The van der Waals surface area contributed by atoms with Crippen molar-refractivity contribution in [2.75, 3.05) is 23.3 Å². The lowest BCUT2D eigenvalue weighted by Crippen LogP contribution is -2.24. The van der Waals surface area contributed by atoms with Gasteiger partial charge in [-0.2, -0.15) is 13.2 Å². The maximum Gasteiger partial charge on any atom is 0.416 e. The van der Waals surface area contributed by atoms with Crippen molar-refractivity contribution in [2.45, 2.75) is 31.9 Å². The molecule has 2 aromatic rings. The number of carbonyl (C=O) groups is 1. The molecular weight excluding hydrogens is 343 g/mol. The summed E-state index contributed by atoms with van der Waals surface area (Å²) in [6, 6.07) is 7.83. The number of hydrogen-bond donors (Lipinski definition) is 1. The van der Waals surface area contributed by atoms with Crippen LogP contribution in [-0.4, -0.2) is 24.0 Å². The van der Waals surface area contributed by atoms with E-state index in [1.165, 1.54) is 25.0 Å². The summed E-state index contributed by atoms with van der Waals surface area (Å²) in [7, 11) is 0. The van der Waals surface area contributed by atoms with Crippen LogP contribution >= 0.6 is 0 Å². The number of rotatable bonds is 3. The van der Waals surface area contributed by atoms with Gasteiger partial charge in [-0.05, 0) is 49.2 Å². The molecule has 7 heteroatoms. The highest BCUT2D eigenvalue weighted by atomic mass is 19.4. The number of nitrogens with one attached hydrogen (secondary N) is 1. The average Bonchev–Trinajstić information content (AvgIpc) is 2.91. The summed E-state index contributed by atoms with van der Waals surface area (Å²) in [5.41, 5.74) is 0.748. The number of anilines is 2. The van der Waals surface area contributed by atoms with Gasteiger partial charge in [-0.15, -0.1) is 0 Å². The van der Waals surface area contributed by atoms with Gasteiger partial charge in [-0.3, -0.25) is 4.79 Å². The Labute approximate surface area is 150 Å². The predicted molar refractivity (Wildman–Crippen MR) is 94.3 cm³/mol. The normalized spacial score (nSPS) is 15.4. The number of hydrogen-bond acceptors (Lipinski definition) is 3. The molecule has 1 aromatic carbocycles. The fraction of sp³-hybridized carbons (Fsp3) is 0.368. The van der Waals surface area contributed by atoms with Crippen LogP contribution in [-0.2, 0) is 6.18 Å². The van der Waals surface area contributed by atoms with Crippen LogP contribution in [0.2, 0.25) is 0 Å². The minimum atomic E-state index is -4.40. The van der Waals surface area contributed by atoms with Crippen molar-refractivity contribution in [3.63, 3.8) is 0 Å². The van der Waals surface area contributed by atoms with Crippen LogP contribution in [0.15, 0.2) is 42.6 Å². The molecule has 0 aliphatic carbocycles. The van der Waals surface area contributed by atoms with Crippen molar-refractivity contribution in [1.29, 1.82) is 0 Å². The van der Waals surface area contributed by atoms with E-state index >= 15 is 0 Å². The first-order valence-corrected chi connectivity index (χ1v) is 8.63. The second kappa shape index (κ2) is 7.76. The molecule has 0 spiro atoms. The first-order valence-electron chi connectivity index (χ1n) is 8.63. The van der Waals surface area contributed by atoms with Crippen LogP contribution in [0.3, 0.4) is 0 Å². The molecular formula is C19H20F3N3O. The second-order valence-electron chi connectivity index (χ2n) is 6.33. The van der Waals surface area contributed by atoms with Gasteiger partial charge in [-0.1, -0.05) is 12.8 Å². The van der Waals surface area contributed by atoms with E-state index in [-0.39, 0.29) is 5.69 Å². The van der Waals surface area contributed by atoms with E-state index in [0.29, 0.717) is 5.69 Å². The standard InChI is InChI=1S/C19H20F3N3O/c20-19(21,22)14-5-7-15(8-6-14)24-18(26)17-10-9-16(13-23-17)25-11-3-1-2-4-12-25/h5-10,13H,1-4,11-12H2,(H,24,26). The van der Waals surface area contributed by atoms with Crippen molar-refractivity contribution in [3.8, 4) is 0 Å².